The zero-order valence-corrected chi connectivity index (χ0v) is 18.0. The molecule has 0 bridgehead atoms. The first kappa shape index (κ1) is 20.2. The van der Waals surface area contributed by atoms with Crippen molar-refractivity contribution < 1.29 is 9.53 Å². The van der Waals surface area contributed by atoms with E-state index < -0.39 is 0 Å². The van der Waals surface area contributed by atoms with Crippen molar-refractivity contribution in [1.82, 2.24) is 19.9 Å². The molecule has 3 aromatic heterocycles. The van der Waals surface area contributed by atoms with Crippen molar-refractivity contribution in [2.24, 2.45) is 0 Å². The van der Waals surface area contributed by atoms with Crippen molar-refractivity contribution in [3.05, 3.63) is 58.0 Å². The number of ether oxygens (including phenoxy) is 1. The highest BCUT2D eigenvalue weighted by Gasteiger charge is 2.27. The summed E-state index contributed by atoms with van der Waals surface area (Å²) in [7, 11) is 0. The van der Waals surface area contributed by atoms with Crippen LogP contribution in [0.2, 0.25) is 0 Å². The van der Waals surface area contributed by atoms with E-state index in [4.69, 9.17) is 10.5 Å². The largest absolute Gasteiger partial charge is 0.384 e. The summed E-state index contributed by atoms with van der Waals surface area (Å²) in [6.45, 7) is 7.39. The Morgan fingerprint density at radius 1 is 1.27 bits per heavy atom. The molecule has 4 heterocycles. The molecule has 3 N–H and O–H groups in total. The van der Waals surface area contributed by atoms with Crippen LogP contribution in [0.3, 0.4) is 0 Å². The number of pyridine rings is 2. The van der Waals surface area contributed by atoms with E-state index in [9.17, 15) is 4.79 Å². The minimum Gasteiger partial charge on any atom is -0.384 e. The molecule has 1 saturated heterocycles. The molecule has 8 nitrogen and oxygen atoms in total. The van der Waals surface area contributed by atoms with Gasteiger partial charge < -0.3 is 20.7 Å². The molecule has 0 aromatic carbocycles. The van der Waals surface area contributed by atoms with Crippen LogP contribution in [0.25, 0.3) is 0 Å². The number of aromatic nitrogens is 3. The van der Waals surface area contributed by atoms with Crippen molar-refractivity contribution in [3.8, 4) is 0 Å². The maximum Gasteiger partial charge on any atom is 0.255 e. The molecule has 1 aliphatic heterocycles. The minimum atomic E-state index is -0.301. The van der Waals surface area contributed by atoms with Gasteiger partial charge in [-0.2, -0.15) is 0 Å². The van der Waals surface area contributed by atoms with Crippen LogP contribution in [0.5, 0.6) is 0 Å². The zero-order valence-electron chi connectivity index (χ0n) is 17.2. The number of amides is 1. The van der Waals surface area contributed by atoms with E-state index in [2.05, 4.69) is 27.2 Å². The molecular weight excluding hydrogens is 400 g/mol. The molecule has 9 heteroatoms. The fourth-order valence-electron chi connectivity index (χ4n) is 3.31. The number of nitrogens with two attached hydrogens (primary N) is 1. The second-order valence-corrected chi connectivity index (χ2v) is 8.49. The maximum absolute atomic E-state index is 12.8. The van der Waals surface area contributed by atoms with Crippen molar-refractivity contribution >= 4 is 33.9 Å². The normalized spacial score (nSPS) is 16.5. The summed E-state index contributed by atoms with van der Waals surface area (Å²) in [6, 6.07) is 7.26. The van der Waals surface area contributed by atoms with Gasteiger partial charge >= 0.3 is 0 Å². The Balaban J connectivity index is 1.52. The van der Waals surface area contributed by atoms with Crippen molar-refractivity contribution in [2.75, 3.05) is 30.7 Å². The van der Waals surface area contributed by atoms with E-state index in [1.165, 1.54) is 11.1 Å². The molecule has 1 fully saturated rings. The van der Waals surface area contributed by atoms with E-state index in [0.717, 1.165) is 27.9 Å². The van der Waals surface area contributed by atoms with Gasteiger partial charge in [0.1, 0.15) is 11.9 Å². The van der Waals surface area contributed by atoms with Gasteiger partial charge in [-0.1, -0.05) is 0 Å². The second kappa shape index (κ2) is 8.37. The number of nitrogens with one attached hydrogen (secondary N) is 1. The number of aryl methyl sites for hydroxylation is 3. The summed E-state index contributed by atoms with van der Waals surface area (Å²) < 4.78 is 5.95. The summed E-state index contributed by atoms with van der Waals surface area (Å²) in [5, 5.41) is 4.21. The van der Waals surface area contributed by atoms with Crippen LogP contribution in [0, 0.1) is 20.8 Å². The van der Waals surface area contributed by atoms with Gasteiger partial charge in [-0.3, -0.25) is 9.78 Å². The molecule has 0 radical (unpaired) electrons. The summed E-state index contributed by atoms with van der Waals surface area (Å²) in [6.07, 6.45) is 1.21. The number of hydrogen-bond donors (Lipinski definition) is 2. The predicted molar refractivity (Wildman–Crippen MR) is 117 cm³/mol. The third kappa shape index (κ3) is 4.42. The number of thiazole rings is 1. The number of rotatable bonds is 4. The lowest BCUT2D eigenvalue weighted by Gasteiger charge is -2.33. The van der Waals surface area contributed by atoms with Gasteiger partial charge in [0.05, 0.1) is 30.1 Å². The van der Waals surface area contributed by atoms with E-state index >= 15 is 0 Å². The summed E-state index contributed by atoms with van der Waals surface area (Å²) in [4.78, 5) is 29.0. The molecule has 156 valence electrons. The molecule has 0 unspecified atom stereocenters. The van der Waals surface area contributed by atoms with Crippen LogP contribution in [-0.2, 0) is 4.74 Å². The zero-order chi connectivity index (χ0) is 21.3. The van der Waals surface area contributed by atoms with Crippen LogP contribution in [0.4, 0.5) is 16.6 Å². The topological polar surface area (TPSA) is 106 Å². The average molecular weight is 425 g/mol. The molecule has 0 saturated carbocycles. The summed E-state index contributed by atoms with van der Waals surface area (Å²) in [5.41, 5.74) is 9.72. The van der Waals surface area contributed by atoms with Gasteiger partial charge in [-0.15, -0.1) is 11.3 Å². The van der Waals surface area contributed by atoms with Gasteiger partial charge in [0.15, 0.2) is 5.13 Å². The fraction of sp³-hybridized carbons (Fsp3) is 0.333. The highest BCUT2D eigenvalue weighted by molar-refractivity contribution is 7.15. The van der Waals surface area contributed by atoms with Crippen LogP contribution in [0.15, 0.2) is 30.5 Å². The first-order valence-electron chi connectivity index (χ1n) is 9.71. The molecular formula is C21H24N6O2S. The molecule has 1 amide bonds. The quantitative estimate of drug-likeness (QED) is 0.661. The molecule has 0 aliphatic carbocycles. The minimum absolute atomic E-state index is 0.0875. The maximum atomic E-state index is 12.8. The Bertz CT molecular complexity index is 1050. The number of hydrogen-bond acceptors (Lipinski definition) is 8. The van der Waals surface area contributed by atoms with Gasteiger partial charge in [0.25, 0.3) is 5.91 Å². The van der Waals surface area contributed by atoms with E-state index in [-0.39, 0.29) is 12.0 Å². The van der Waals surface area contributed by atoms with Crippen LogP contribution >= 0.6 is 11.3 Å². The molecule has 4 rings (SSSR count). The summed E-state index contributed by atoms with van der Waals surface area (Å²) >= 11 is 1.62. The Hall–Kier alpha value is -3.04. The number of morpholine rings is 1. The van der Waals surface area contributed by atoms with Gasteiger partial charge in [0.2, 0.25) is 0 Å². The first-order chi connectivity index (χ1) is 14.4. The van der Waals surface area contributed by atoms with Gasteiger partial charge in [0, 0.05) is 29.0 Å². The smallest absolute Gasteiger partial charge is 0.255 e. The number of anilines is 3. The Labute approximate surface area is 179 Å². The highest BCUT2D eigenvalue weighted by Crippen LogP contribution is 2.28. The third-order valence-electron chi connectivity index (χ3n) is 4.97. The number of carbonyl (C=O) groups excluding carboxylic acids is 1. The molecule has 1 atom stereocenters. The Kier molecular flexibility index (Phi) is 5.65. The molecule has 30 heavy (non-hydrogen) atoms. The summed E-state index contributed by atoms with van der Waals surface area (Å²) in [5.74, 6) is 0.302. The lowest BCUT2D eigenvalue weighted by Crippen LogP contribution is -2.42. The third-order valence-corrected chi connectivity index (χ3v) is 5.96. The lowest BCUT2D eigenvalue weighted by molar-refractivity contribution is -0.0247. The van der Waals surface area contributed by atoms with Crippen molar-refractivity contribution in [1.29, 1.82) is 0 Å². The molecule has 3 aromatic rings. The van der Waals surface area contributed by atoms with Crippen molar-refractivity contribution in [2.45, 2.75) is 26.9 Å². The first-order valence-corrected chi connectivity index (χ1v) is 10.5. The Morgan fingerprint density at radius 3 is 2.80 bits per heavy atom. The van der Waals surface area contributed by atoms with E-state index in [1.807, 2.05) is 26.0 Å². The van der Waals surface area contributed by atoms with Crippen LogP contribution in [0.1, 0.15) is 38.4 Å². The van der Waals surface area contributed by atoms with Crippen LogP contribution in [-0.4, -0.2) is 45.5 Å². The SMILES string of the molecule is Cc1cc(Nc2nc(C)c(C)s2)cc([C@@H]2CN(C(=O)c3ccc(N)nc3)CCO2)n1. The monoisotopic (exact) mass is 424 g/mol. The number of carbonyl (C=O) groups is 1. The molecule has 0 spiro atoms. The number of nitrogen functional groups attached to an aromatic ring is 1. The standard InChI is InChI=1S/C21H24N6O2S/c1-12-8-16(26-21-25-13(2)14(3)30-21)9-17(24-12)18-11-27(6-7-29-18)20(28)15-4-5-19(22)23-10-15/h4-5,8-10,18H,6-7,11H2,1-3H3,(H2,22,23)(H,24,25,26)/t18-/m0/s1. The van der Waals surface area contributed by atoms with Gasteiger partial charge in [-0.05, 0) is 45.0 Å². The second-order valence-electron chi connectivity index (χ2n) is 7.29. The van der Waals surface area contributed by atoms with Crippen LogP contribution < -0.4 is 11.1 Å². The fourth-order valence-corrected chi connectivity index (χ4v) is 4.14. The van der Waals surface area contributed by atoms with E-state index in [0.29, 0.717) is 31.1 Å². The number of nitrogens with zero attached hydrogens (tertiary/aromatic N) is 4. The van der Waals surface area contributed by atoms with Gasteiger partial charge in [-0.25, -0.2) is 9.97 Å². The average Bonchev–Trinajstić information content (AvgIpc) is 3.04. The highest BCUT2D eigenvalue weighted by atomic mass is 32.1. The lowest BCUT2D eigenvalue weighted by atomic mass is 10.1. The Morgan fingerprint density at radius 2 is 2.10 bits per heavy atom. The molecule has 1 aliphatic rings. The van der Waals surface area contributed by atoms with Crippen molar-refractivity contribution in [3.63, 3.8) is 0 Å². The van der Waals surface area contributed by atoms with E-state index in [1.54, 1.807) is 28.4 Å². The predicted octanol–water partition coefficient (Wildman–Crippen LogP) is 3.40.